The second kappa shape index (κ2) is 5.03. The Hall–Kier alpha value is -0.790. The predicted octanol–water partition coefficient (Wildman–Crippen LogP) is 2.82. The summed E-state index contributed by atoms with van der Waals surface area (Å²) < 4.78 is 37.2. The smallest absolute Gasteiger partial charge is 0.416 e. The van der Waals surface area contributed by atoms with Crippen LogP contribution >= 0.6 is 15.9 Å². The minimum atomic E-state index is -4.48. The molecule has 0 radical (unpaired) electrons. The summed E-state index contributed by atoms with van der Waals surface area (Å²) in [6, 6.07) is 1.59. The van der Waals surface area contributed by atoms with E-state index in [0.29, 0.717) is 11.6 Å². The summed E-state index contributed by atoms with van der Waals surface area (Å²) in [5, 5.41) is 9.44. The Kier molecular flexibility index (Phi) is 4.17. The van der Waals surface area contributed by atoms with E-state index in [0.717, 1.165) is 6.07 Å². The Morgan fingerprint density at radius 2 is 2.06 bits per heavy atom. The first-order valence-corrected chi connectivity index (χ1v) is 5.00. The van der Waals surface area contributed by atoms with Crippen LogP contribution in [0.5, 0.6) is 5.75 Å². The van der Waals surface area contributed by atoms with Crippen molar-refractivity contribution < 1.29 is 23.1 Å². The number of phenols is 1. The van der Waals surface area contributed by atoms with Gasteiger partial charge in [0.1, 0.15) is 5.75 Å². The van der Waals surface area contributed by atoms with Crippen LogP contribution in [0.4, 0.5) is 13.2 Å². The molecule has 0 spiro atoms. The van der Waals surface area contributed by atoms with E-state index in [9.17, 15) is 18.3 Å². The lowest BCUT2D eigenvalue weighted by Gasteiger charge is -2.12. The van der Waals surface area contributed by atoms with Crippen molar-refractivity contribution in [1.29, 1.82) is 0 Å². The highest BCUT2D eigenvalue weighted by molar-refractivity contribution is 9.10. The Morgan fingerprint density at radius 3 is 2.50 bits per heavy atom. The van der Waals surface area contributed by atoms with Crippen LogP contribution in [0.1, 0.15) is 11.1 Å². The number of aromatic hydroxyl groups is 1. The topological polar surface area (TPSA) is 41.5 Å². The minimum absolute atomic E-state index is 0.0983. The molecule has 0 atom stereocenters. The van der Waals surface area contributed by atoms with Crippen molar-refractivity contribution in [3.63, 3.8) is 0 Å². The fourth-order valence-electron chi connectivity index (χ4n) is 1.11. The molecule has 7 heteroatoms. The average molecular weight is 300 g/mol. The van der Waals surface area contributed by atoms with Gasteiger partial charge in [-0.2, -0.15) is 18.7 Å². The van der Waals surface area contributed by atoms with Gasteiger partial charge in [-0.1, -0.05) is 15.9 Å². The molecule has 90 valence electrons. The van der Waals surface area contributed by atoms with Crippen molar-refractivity contribution in [1.82, 2.24) is 5.48 Å². The molecule has 0 unspecified atom stereocenters. The lowest BCUT2D eigenvalue weighted by Crippen LogP contribution is -2.12. The van der Waals surface area contributed by atoms with Gasteiger partial charge in [0.25, 0.3) is 0 Å². The van der Waals surface area contributed by atoms with Crippen molar-refractivity contribution >= 4 is 15.9 Å². The first-order valence-electron chi connectivity index (χ1n) is 4.20. The van der Waals surface area contributed by atoms with Gasteiger partial charge in [-0.3, -0.25) is 0 Å². The van der Waals surface area contributed by atoms with Crippen molar-refractivity contribution in [3.8, 4) is 5.75 Å². The molecule has 0 amide bonds. The third kappa shape index (κ3) is 3.10. The maximum atomic E-state index is 12.4. The standard InChI is InChI=1S/C9H9BrF3NO2/c1-16-14-4-6-7(10)2-5(3-8(6)15)9(11,12)13/h2-3,14-15H,4H2,1H3. The summed E-state index contributed by atoms with van der Waals surface area (Å²) in [5.41, 5.74) is 1.83. The highest BCUT2D eigenvalue weighted by Gasteiger charge is 2.32. The van der Waals surface area contributed by atoms with Crippen LogP contribution in [0.25, 0.3) is 0 Å². The molecule has 0 fully saturated rings. The number of phenolic OH excluding ortho intramolecular Hbond substituents is 1. The zero-order chi connectivity index (χ0) is 12.3. The second-order valence-electron chi connectivity index (χ2n) is 2.98. The van der Waals surface area contributed by atoms with Crippen molar-refractivity contribution in [3.05, 3.63) is 27.7 Å². The highest BCUT2D eigenvalue weighted by atomic mass is 79.9. The number of rotatable bonds is 3. The Labute approximate surface area is 98.3 Å². The zero-order valence-electron chi connectivity index (χ0n) is 8.23. The van der Waals surface area contributed by atoms with E-state index in [2.05, 4.69) is 26.2 Å². The van der Waals surface area contributed by atoms with Crippen LogP contribution in [0.15, 0.2) is 16.6 Å². The molecule has 0 aliphatic rings. The first kappa shape index (κ1) is 13.3. The number of alkyl halides is 3. The fourth-order valence-corrected chi connectivity index (χ4v) is 1.69. The summed E-state index contributed by atoms with van der Waals surface area (Å²) in [6.45, 7) is 0.0983. The average Bonchev–Trinajstić information content (AvgIpc) is 2.15. The Morgan fingerprint density at radius 1 is 1.44 bits per heavy atom. The summed E-state index contributed by atoms with van der Waals surface area (Å²) in [7, 11) is 1.37. The van der Waals surface area contributed by atoms with E-state index in [-0.39, 0.29) is 11.0 Å². The molecule has 0 saturated carbocycles. The van der Waals surface area contributed by atoms with Gasteiger partial charge in [-0.15, -0.1) is 0 Å². The van der Waals surface area contributed by atoms with Crippen LogP contribution in [0, 0.1) is 0 Å². The number of nitrogens with one attached hydrogen (secondary N) is 1. The van der Waals surface area contributed by atoms with Crippen LogP contribution in [0.3, 0.4) is 0 Å². The number of hydrogen-bond donors (Lipinski definition) is 2. The van der Waals surface area contributed by atoms with E-state index in [1.807, 2.05) is 0 Å². The number of hydroxylamine groups is 1. The summed E-state index contributed by atoms with van der Waals surface area (Å²) in [6.07, 6.45) is -4.48. The molecule has 0 bridgehead atoms. The monoisotopic (exact) mass is 299 g/mol. The number of benzene rings is 1. The molecule has 0 heterocycles. The summed E-state index contributed by atoms with van der Waals surface area (Å²) in [4.78, 5) is 4.55. The second-order valence-corrected chi connectivity index (χ2v) is 3.83. The van der Waals surface area contributed by atoms with E-state index >= 15 is 0 Å². The van der Waals surface area contributed by atoms with Crippen LogP contribution in [-0.4, -0.2) is 12.2 Å². The Balaban J connectivity index is 3.08. The van der Waals surface area contributed by atoms with Gasteiger partial charge in [0.2, 0.25) is 0 Å². The van der Waals surface area contributed by atoms with E-state index in [4.69, 9.17) is 0 Å². The van der Waals surface area contributed by atoms with Gasteiger partial charge in [-0.05, 0) is 12.1 Å². The molecule has 0 aromatic heterocycles. The quantitative estimate of drug-likeness (QED) is 0.843. The SMILES string of the molecule is CONCc1c(O)cc(C(F)(F)F)cc1Br. The van der Waals surface area contributed by atoms with Crippen LogP contribution in [0.2, 0.25) is 0 Å². The van der Waals surface area contributed by atoms with Gasteiger partial charge in [-0.25, -0.2) is 0 Å². The van der Waals surface area contributed by atoms with Crippen LogP contribution in [-0.2, 0) is 17.6 Å². The normalized spacial score (nSPS) is 11.8. The molecule has 0 aliphatic carbocycles. The Bertz CT molecular complexity index is 359. The fraction of sp³-hybridized carbons (Fsp3) is 0.333. The third-order valence-electron chi connectivity index (χ3n) is 1.89. The van der Waals surface area contributed by atoms with E-state index in [1.54, 1.807) is 0 Å². The summed E-state index contributed by atoms with van der Waals surface area (Å²) >= 11 is 2.97. The van der Waals surface area contributed by atoms with Crippen LogP contribution < -0.4 is 5.48 Å². The lowest BCUT2D eigenvalue weighted by molar-refractivity contribution is -0.137. The maximum absolute atomic E-state index is 12.4. The van der Waals surface area contributed by atoms with Gasteiger partial charge >= 0.3 is 6.18 Å². The van der Waals surface area contributed by atoms with Gasteiger partial charge in [0, 0.05) is 10.0 Å². The molecule has 1 aromatic carbocycles. The number of halogens is 4. The van der Waals surface area contributed by atoms with E-state index < -0.39 is 17.5 Å². The van der Waals surface area contributed by atoms with E-state index in [1.165, 1.54) is 7.11 Å². The molecule has 0 aliphatic heterocycles. The lowest BCUT2D eigenvalue weighted by atomic mass is 10.1. The zero-order valence-corrected chi connectivity index (χ0v) is 9.82. The highest BCUT2D eigenvalue weighted by Crippen LogP contribution is 2.36. The predicted molar refractivity (Wildman–Crippen MR) is 54.7 cm³/mol. The van der Waals surface area contributed by atoms with Gasteiger partial charge in [0.05, 0.1) is 19.2 Å². The molecule has 3 nitrogen and oxygen atoms in total. The first-order chi connectivity index (χ1) is 7.36. The number of hydrogen-bond acceptors (Lipinski definition) is 3. The minimum Gasteiger partial charge on any atom is -0.508 e. The van der Waals surface area contributed by atoms with Gasteiger partial charge < -0.3 is 9.94 Å². The molecular weight excluding hydrogens is 291 g/mol. The molecule has 1 rings (SSSR count). The van der Waals surface area contributed by atoms with Gasteiger partial charge in [0.15, 0.2) is 0 Å². The van der Waals surface area contributed by atoms with Crippen molar-refractivity contribution in [2.45, 2.75) is 12.7 Å². The molecule has 2 N–H and O–H groups in total. The van der Waals surface area contributed by atoms with Crippen molar-refractivity contribution in [2.75, 3.05) is 7.11 Å². The molecule has 0 saturated heterocycles. The largest absolute Gasteiger partial charge is 0.508 e. The maximum Gasteiger partial charge on any atom is 0.416 e. The molecular formula is C9H9BrF3NO2. The third-order valence-corrected chi connectivity index (χ3v) is 2.60. The molecule has 1 aromatic rings. The summed E-state index contributed by atoms with van der Waals surface area (Å²) in [5.74, 6) is -0.439. The molecule has 16 heavy (non-hydrogen) atoms. The van der Waals surface area contributed by atoms with Crippen molar-refractivity contribution in [2.24, 2.45) is 0 Å².